The summed E-state index contributed by atoms with van der Waals surface area (Å²) in [6.07, 6.45) is 0. The molecule has 8 N–H and O–H groups in total. The second-order valence-electron chi connectivity index (χ2n) is 1.56. The molecular formula is C6H18N2Na2O6. The molecule has 0 aromatic heterocycles. The van der Waals surface area contributed by atoms with E-state index in [1.54, 1.807) is 0 Å². The van der Waals surface area contributed by atoms with E-state index in [9.17, 15) is 0 Å². The fraction of sp³-hybridized carbons (Fsp3) is 0.667. The van der Waals surface area contributed by atoms with Crippen LogP contribution < -0.4 is 80.8 Å². The first-order chi connectivity index (χ1) is 5.38. The minimum Gasteiger partial charge on any atom is -0.550 e. The fourth-order valence-corrected chi connectivity index (χ4v) is 0. The second-order valence-corrected chi connectivity index (χ2v) is 1.56. The van der Waals surface area contributed by atoms with E-state index < -0.39 is 11.9 Å². The zero-order valence-electron chi connectivity index (χ0n) is 10.2. The van der Waals surface area contributed by atoms with Gasteiger partial charge in [0.1, 0.15) is 0 Å². The molecule has 0 aromatic carbocycles. The normalized spacial score (nSPS) is 5.00. The van der Waals surface area contributed by atoms with Gasteiger partial charge < -0.3 is 42.2 Å². The average Bonchev–Trinajstić information content (AvgIpc) is 1.85. The predicted molar refractivity (Wildman–Crippen MR) is 46.7 cm³/mol. The molecule has 0 fully saturated rings. The van der Waals surface area contributed by atoms with E-state index in [1.807, 2.05) is 0 Å². The number of aliphatic carboxylic acids is 2. The van der Waals surface area contributed by atoms with Crippen molar-refractivity contribution in [3.8, 4) is 0 Å². The van der Waals surface area contributed by atoms with Gasteiger partial charge in [0, 0.05) is 25.0 Å². The van der Waals surface area contributed by atoms with Gasteiger partial charge in [-0.25, -0.2) is 0 Å². The van der Waals surface area contributed by atoms with Crippen molar-refractivity contribution in [2.75, 3.05) is 13.1 Å². The molecule has 0 heterocycles. The van der Waals surface area contributed by atoms with E-state index in [1.165, 1.54) is 0 Å². The van der Waals surface area contributed by atoms with E-state index in [0.717, 1.165) is 13.8 Å². The third kappa shape index (κ3) is 886. The summed E-state index contributed by atoms with van der Waals surface area (Å²) >= 11 is 0. The second kappa shape index (κ2) is 44.7. The standard InChI is InChI=1S/C2H8N2.2C2H4O2.2Na.2H2O/c3-1-2-4;2*1-2(3)4;;;;/h1-4H2;2*1H3,(H,3,4);;;2*1H2/q;;;2*+1;;/p-2. The first-order valence-electron chi connectivity index (χ1n) is 3.13. The molecule has 90 valence electrons. The SMILES string of the molecule is CC(=O)[O-].CC(=O)[O-].NCCN.O.O.[Na+].[Na+]. The van der Waals surface area contributed by atoms with Crippen molar-refractivity contribution in [2.24, 2.45) is 11.5 Å². The number of carbonyl (C=O) groups excluding carboxylic acids is 2. The molecule has 0 rings (SSSR count). The molecule has 0 aliphatic heterocycles. The number of carboxylic acid groups (broad SMARTS) is 2. The maximum absolute atomic E-state index is 8.89. The Morgan fingerprint density at radius 1 is 0.875 bits per heavy atom. The van der Waals surface area contributed by atoms with Crippen LogP contribution in [-0.4, -0.2) is 36.0 Å². The Morgan fingerprint density at radius 3 is 0.938 bits per heavy atom. The molecule has 0 unspecified atom stereocenters. The summed E-state index contributed by atoms with van der Waals surface area (Å²) in [6, 6.07) is 0. The fourth-order valence-electron chi connectivity index (χ4n) is 0. The molecular weight excluding hydrogens is 242 g/mol. The summed E-state index contributed by atoms with van der Waals surface area (Å²) in [6.45, 7) is 3.14. The summed E-state index contributed by atoms with van der Waals surface area (Å²) in [5.74, 6) is -2.17. The van der Waals surface area contributed by atoms with Crippen LogP contribution in [0.25, 0.3) is 0 Å². The molecule has 0 aliphatic carbocycles. The number of hydrogen-bond donors (Lipinski definition) is 2. The summed E-state index contributed by atoms with van der Waals surface area (Å²) < 4.78 is 0. The number of rotatable bonds is 1. The molecule has 0 saturated heterocycles. The zero-order valence-corrected chi connectivity index (χ0v) is 14.2. The maximum Gasteiger partial charge on any atom is 1.00 e. The van der Waals surface area contributed by atoms with Gasteiger partial charge in [0.05, 0.1) is 0 Å². The van der Waals surface area contributed by atoms with Crippen LogP contribution in [0.2, 0.25) is 0 Å². The van der Waals surface area contributed by atoms with Gasteiger partial charge in [-0.2, -0.15) is 0 Å². The third-order valence-electron chi connectivity index (χ3n) is 0.167. The van der Waals surface area contributed by atoms with Crippen molar-refractivity contribution in [1.29, 1.82) is 0 Å². The summed E-state index contributed by atoms with van der Waals surface area (Å²) in [5.41, 5.74) is 9.81. The van der Waals surface area contributed by atoms with Crippen LogP contribution >= 0.6 is 0 Å². The maximum atomic E-state index is 8.89. The Kier molecular flexibility index (Phi) is 122. The molecule has 0 aromatic rings. The van der Waals surface area contributed by atoms with Crippen LogP contribution in [-0.2, 0) is 9.59 Å². The molecule has 0 aliphatic rings. The van der Waals surface area contributed by atoms with Gasteiger partial charge in [-0.3, -0.25) is 0 Å². The van der Waals surface area contributed by atoms with E-state index in [0.29, 0.717) is 13.1 Å². The number of hydrogen-bond acceptors (Lipinski definition) is 6. The van der Waals surface area contributed by atoms with E-state index in [2.05, 4.69) is 0 Å². The first kappa shape index (κ1) is 43.7. The van der Waals surface area contributed by atoms with Gasteiger partial charge in [0.2, 0.25) is 0 Å². The van der Waals surface area contributed by atoms with Crippen molar-refractivity contribution in [2.45, 2.75) is 13.8 Å². The first-order valence-corrected chi connectivity index (χ1v) is 3.13. The molecule has 0 atom stereocenters. The van der Waals surface area contributed by atoms with Crippen LogP contribution in [0.5, 0.6) is 0 Å². The van der Waals surface area contributed by atoms with Crippen molar-refractivity contribution in [1.82, 2.24) is 0 Å². The van der Waals surface area contributed by atoms with Gasteiger partial charge >= 0.3 is 59.1 Å². The van der Waals surface area contributed by atoms with Crippen LogP contribution in [0.15, 0.2) is 0 Å². The van der Waals surface area contributed by atoms with Gasteiger partial charge in [0.15, 0.2) is 0 Å². The largest absolute Gasteiger partial charge is 1.00 e. The molecule has 16 heavy (non-hydrogen) atoms. The van der Waals surface area contributed by atoms with E-state index in [-0.39, 0.29) is 70.1 Å². The van der Waals surface area contributed by atoms with Crippen LogP contribution in [0.1, 0.15) is 13.8 Å². The number of carboxylic acids is 2. The molecule has 0 radical (unpaired) electrons. The average molecular weight is 260 g/mol. The molecule has 10 heteroatoms. The Bertz CT molecular complexity index is 106. The molecule has 0 saturated carbocycles. The van der Waals surface area contributed by atoms with Crippen molar-refractivity contribution < 1.29 is 89.9 Å². The minimum atomic E-state index is -1.08. The number of carbonyl (C=O) groups is 2. The van der Waals surface area contributed by atoms with Crippen molar-refractivity contribution in [3.05, 3.63) is 0 Å². The predicted octanol–water partition coefficient (Wildman–Crippen LogP) is -11.2. The molecule has 8 nitrogen and oxygen atoms in total. The van der Waals surface area contributed by atoms with E-state index >= 15 is 0 Å². The zero-order chi connectivity index (χ0) is 10.6. The van der Waals surface area contributed by atoms with Gasteiger partial charge in [-0.05, 0) is 13.8 Å². The van der Waals surface area contributed by atoms with Gasteiger partial charge in [-0.1, -0.05) is 0 Å². The Labute approximate surface area is 139 Å². The number of nitrogens with two attached hydrogens (primary N) is 2. The summed E-state index contributed by atoms with van der Waals surface area (Å²) in [7, 11) is 0. The van der Waals surface area contributed by atoms with Crippen LogP contribution in [0, 0.1) is 0 Å². The minimum absolute atomic E-state index is 0. The van der Waals surface area contributed by atoms with Crippen LogP contribution in [0.3, 0.4) is 0 Å². The van der Waals surface area contributed by atoms with Crippen molar-refractivity contribution >= 4 is 11.9 Å². The molecule has 0 spiro atoms. The quantitative estimate of drug-likeness (QED) is 0.438. The van der Waals surface area contributed by atoms with Gasteiger partial charge in [0.25, 0.3) is 0 Å². The van der Waals surface area contributed by atoms with Crippen LogP contribution in [0.4, 0.5) is 0 Å². The Balaban J connectivity index is -0.0000000135. The molecule has 0 bridgehead atoms. The van der Waals surface area contributed by atoms with Crippen molar-refractivity contribution in [3.63, 3.8) is 0 Å². The Morgan fingerprint density at radius 2 is 0.938 bits per heavy atom. The monoisotopic (exact) mass is 260 g/mol. The van der Waals surface area contributed by atoms with E-state index in [4.69, 9.17) is 31.3 Å². The smallest absolute Gasteiger partial charge is 0.550 e. The summed E-state index contributed by atoms with van der Waals surface area (Å²) in [4.78, 5) is 17.8. The summed E-state index contributed by atoms with van der Waals surface area (Å²) in [5, 5.41) is 17.8. The molecule has 0 amide bonds. The van der Waals surface area contributed by atoms with Gasteiger partial charge in [-0.15, -0.1) is 0 Å². The topological polar surface area (TPSA) is 195 Å². The Hall–Kier alpha value is 0.780. The third-order valence-corrected chi connectivity index (χ3v) is 0.167.